The van der Waals surface area contributed by atoms with Gasteiger partial charge in [0.25, 0.3) is 5.91 Å². The Hall–Kier alpha value is -3.58. The van der Waals surface area contributed by atoms with Gasteiger partial charge in [-0.2, -0.15) is 9.78 Å². The highest BCUT2D eigenvalue weighted by Gasteiger charge is 2.31. The van der Waals surface area contributed by atoms with Gasteiger partial charge in [-0.15, -0.1) is 0 Å². The van der Waals surface area contributed by atoms with Crippen LogP contribution in [0.15, 0.2) is 54.7 Å². The van der Waals surface area contributed by atoms with E-state index in [1.807, 2.05) is 36.1 Å². The SMILES string of the molecule is Cc1ccccc1CN1CCCN(C(=O)c2cc(C3CC3)nc3c2c(C)nn3-c2ccccn2)CC1. The largest absolute Gasteiger partial charge is 0.337 e. The number of aromatic nitrogens is 4. The molecular formula is C29H32N6O. The topological polar surface area (TPSA) is 67.2 Å². The second-order valence-electron chi connectivity index (χ2n) is 10.1. The monoisotopic (exact) mass is 480 g/mol. The molecule has 1 amide bonds. The molecule has 2 fully saturated rings. The van der Waals surface area contributed by atoms with Crippen molar-refractivity contribution in [3.63, 3.8) is 0 Å². The second kappa shape index (κ2) is 9.47. The molecule has 4 aromatic rings. The number of pyridine rings is 2. The Morgan fingerprint density at radius 3 is 2.61 bits per heavy atom. The molecule has 7 nitrogen and oxygen atoms in total. The maximum Gasteiger partial charge on any atom is 0.254 e. The van der Waals surface area contributed by atoms with E-state index >= 15 is 0 Å². The first kappa shape index (κ1) is 22.9. The summed E-state index contributed by atoms with van der Waals surface area (Å²) < 4.78 is 1.79. The molecule has 2 aliphatic rings. The summed E-state index contributed by atoms with van der Waals surface area (Å²) in [5, 5.41) is 5.61. The number of hydrogen-bond donors (Lipinski definition) is 0. The minimum Gasteiger partial charge on any atom is -0.337 e. The Kier molecular flexibility index (Phi) is 6.01. The lowest BCUT2D eigenvalue weighted by molar-refractivity contribution is 0.0763. The van der Waals surface area contributed by atoms with Gasteiger partial charge in [0.15, 0.2) is 11.5 Å². The molecule has 184 valence electrons. The molecule has 0 N–H and O–H groups in total. The van der Waals surface area contributed by atoms with Crippen LogP contribution in [0.25, 0.3) is 16.9 Å². The standard InChI is InChI=1S/C29H32N6O/c1-20-8-3-4-9-23(20)19-33-14-7-15-34(17-16-33)29(36)24-18-25(22-11-12-22)31-28-27(24)21(2)32-35(28)26-10-5-6-13-30-26/h3-6,8-10,13,18,22H,7,11-12,14-17,19H2,1-2H3. The van der Waals surface area contributed by atoms with Crippen molar-refractivity contribution in [2.75, 3.05) is 26.2 Å². The van der Waals surface area contributed by atoms with Crippen LogP contribution in [0.4, 0.5) is 0 Å². The molecular weight excluding hydrogens is 448 g/mol. The molecule has 1 aliphatic heterocycles. The molecule has 1 aromatic carbocycles. The first-order chi connectivity index (χ1) is 17.6. The number of benzene rings is 1. The second-order valence-corrected chi connectivity index (χ2v) is 10.1. The normalized spacial score (nSPS) is 16.9. The summed E-state index contributed by atoms with van der Waals surface area (Å²) in [6.07, 6.45) is 4.98. The highest BCUT2D eigenvalue weighted by atomic mass is 16.2. The fourth-order valence-corrected chi connectivity index (χ4v) is 5.23. The van der Waals surface area contributed by atoms with Crippen LogP contribution in [-0.4, -0.2) is 61.6 Å². The summed E-state index contributed by atoms with van der Waals surface area (Å²) in [5.41, 5.74) is 5.95. The van der Waals surface area contributed by atoms with Crippen molar-refractivity contribution in [1.82, 2.24) is 29.5 Å². The number of nitrogens with zero attached hydrogens (tertiary/aromatic N) is 6. The average Bonchev–Trinajstić information content (AvgIpc) is 3.72. The summed E-state index contributed by atoms with van der Waals surface area (Å²) in [5.74, 6) is 1.24. The Bertz CT molecular complexity index is 1410. The molecule has 1 aliphatic carbocycles. The quantitative estimate of drug-likeness (QED) is 0.416. The highest BCUT2D eigenvalue weighted by Crippen LogP contribution is 2.41. The molecule has 0 atom stereocenters. The molecule has 0 radical (unpaired) electrons. The van der Waals surface area contributed by atoms with Crippen LogP contribution in [0, 0.1) is 13.8 Å². The third-order valence-electron chi connectivity index (χ3n) is 7.46. The molecule has 0 spiro atoms. The summed E-state index contributed by atoms with van der Waals surface area (Å²) >= 11 is 0. The van der Waals surface area contributed by atoms with Crippen molar-refractivity contribution in [3.05, 3.63) is 82.8 Å². The van der Waals surface area contributed by atoms with Crippen LogP contribution in [0.5, 0.6) is 0 Å². The van der Waals surface area contributed by atoms with E-state index in [0.29, 0.717) is 5.92 Å². The van der Waals surface area contributed by atoms with Crippen LogP contribution >= 0.6 is 0 Å². The highest BCUT2D eigenvalue weighted by molar-refractivity contribution is 6.06. The van der Waals surface area contributed by atoms with E-state index in [1.165, 1.54) is 11.1 Å². The van der Waals surface area contributed by atoms with Crippen molar-refractivity contribution < 1.29 is 4.79 Å². The number of amides is 1. The van der Waals surface area contributed by atoms with E-state index in [1.54, 1.807) is 10.9 Å². The predicted molar refractivity (Wildman–Crippen MR) is 140 cm³/mol. The maximum absolute atomic E-state index is 14.0. The molecule has 4 heterocycles. The first-order valence-electron chi connectivity index (χ1n) is 13.0. The van der Waals surface area contributed by atoms with Gasteiger partial charge in [0.2, 0.25) is 0 Å². The zero-order valence-corrected chi connectivity index (χ0v) is 21.0. The lowest BCUT2D eigenvalue weighted by atomic mass is 10.1. The van der Waals surface area contributed by atoms with Crippen LogP contribution < -0.4 is 0 Å². The zero-order chi connectivity index (χ0) is 24.6. The van der Waals surface area contributed by atoms with Gasteiger partial charge in [-0.3, -0.25) is 9.69 Å². The minimum absolute atomic E-state index is 0.0886. The van der Waals surface area contributed by atoms with Gasteiger partial charge in [-0.05, 0) is 62.4 Å². The van der Waals surface area contributed by atoms with Crippen molar-refractivity contribution >= 4 is 16.9 Å². The Morgan fingerprint density at radius 1 is 1.00 bits per heavy atom. The molecule has 0 unspecified atom stereocenters. The van der Waals surface area contributed by atoms with E-state index < -0.39 is 0 Å². The van der Waals surface area contributed by atoms with E-state index in [2.05, 4.69) is 41.1 Å². The first-order valence-corrected chi connectivity index (χ1v) is 13.0. The number of hydrogen-bond acceptors (Lipinski definition) is 5. The van der Waals surface area contributed by atoms with Gasteiger partial charge in [-0.25, -0.2) is 9.97 Å². The van der Waals surface area contributed by atoms with E-state index in [-0.39, 0.29) is 5.91 Å². The smallest absolute Gasteiger partial charge is 0.254 e. The summed E-state index contributed by atoms with van der Waals surface area (Å²) in [7, 11) is 0. The van der Waals surface area contributed by atoms with Crippen molar-refractivity contribution in [2.24, 2.45) is 0 Å². The molecule has 36 heavy (non-hydrogen) atoms. The van der Waals surface area contributed by atoms with Crippen LogP contribution in [0.2, 0.25) is 0 Å². The van der Waals surface area contributed by atoms with Gasteiger partial charge < -0.3 is 4.90 Å². The lowest BCUT2D eigenvalue weighted by Gasteiger charge is -2.23. The number of carbonyl (C=O) groups excluding carboxylic acids is 1. The summed E-state index contributed by atoms with van der Waals surface area (Å²) in [4.78, 5) is 28.0. The molecule has 1 saturated carbocycles. The summed E-state index contributed by atoms with van der Waals surface area (Å²) in [6, 6.07) is 16.4. The lowest BCUT2D eigenvalue weighted by Crippen LogP contribution is -2.35. The van der Waals surface area contributed by atoms with Gasteiger partial charge >= 0.3 is 0 Å². The number of aryl methyl sites for hydroxylation is 2. The average molecular weight is 481 g/mol. The number of carbonyl (C=O) groups is 1. The van der Waals surface area contributed by atoms with Crippen molar-refractivity contribution in [1.29, 1.82) is 0 Å². The molecule has 3 aromatic heterocycles. The van der Waals surface area contributed by atoms with Crippen molar-refractivity contribution in [2.45, 2.75) is 45.6 Å². The van der Waals surface area contributed by atoms with Gasteiger partial charge in [0.1, 0.15) is 0 Å². The third-order valence-corrected chi connectivity index (χ3v) is 7.46. The molecule has 0 bridgehead atoms. The maximum atomic E-state index is 14.0. The summed E-state index contributed by atoms with van der Waals surface area (Å²) in [6.45, 7) is 8.41. The van der Waals surface area contributed by atoms with E-state index in [9.17, 15) is 4.79 Å². The van der Waals surface area contributed by atoms with E-state index in [4.69, 9.17) is 10.1 Å². The fourth-order valence-electron chi connectivity index (χ4n) is 5.23. The van der Waals surface area contributed by atoms with E-state index in [0.717, 1.165) is 85.8 Å². The fraction of sp³-hybridized carbons (Fsp3) is 0.379. The number of fused-ring (bicyclic) bond motifs is 1. The predicted octanol–water partition coefficient (Wildman–Crippen LogP) is 4.66. The molecule has 1 saturated heterocycles. The molecule has 6 rings (SSSR count). The van der Waals surface area contributed by atoms with Crippen molar-refractivity contribution in [3.8, 4) is 5.82 Å². The van der Waals surface area contributed by atoms with Gasteiger partial charge in [0.05, 0.1) is 16.6 Å². The van der Waals surface area contributed by atoms with Gasteiger partial charge in [0, 0.05) is 50.5 Å². The zero-order valence-electron chi connectivity index (χ0n) is 21.0. The third kappa shape index (κ3) is 4.39. The van der Waals surface area contributed by atoms with Gasteiger partial charge in [-0.1, -0.05) is 30.3 Å². The van der Waals surface area contributed by atoms with Crippen LogP contribution in [0.3, 0.4) is 0 Å². The number of rotatable bonds is 5. The van der Waals surface area contributed by atoms with Crippen LogP contribution in [-0.2, 0) is 6.54 Å². The Morgan fingerprint density at radius 2 is 1.83 bits per heavy atom. The van der Waals surface area contributed by atoms with Crippen LogP contribution in [0.1, 0.15) is 58.1 Å². The Labute approximate surface area is 211 Å². The Balaban J connectivity index is 1.31. The minimum atomic E-state index is 0.0886. The molecule has 7 heteroatoms.